The van der Waals surface area contributed by atoms with Crippen molar-refractivity contribution >= 4 is 18.2 Å². The number of nitrogens with zero attached hydrogens (tertiary/aromatic N) is 1. The molecule has 2 rings (SSSR count). The molecule has 0 bridgehead atoms. The number of alkyl carbamates (subject to hydrolysis) is 1. The molecular weight excluding hydrogens is 376 g/mol. The zero-order valence-corrected chi connectivity index (χ0v) is 17.2. The molecule has 8 nitrogen and oxygen atoms in total. The summed E-state index contributed by atoms with van der Waals surface area (Å²) < 4.78 is 10.6. The highest BCUT2D eigenvalue weighted by atomic mass is 16.6. The highest BCUT2D eigenvalue weighted by molar-refractivity contribution is 5.72. The van der Waals surface area contributed by atoms with E-state index in [1.54, 1.807) is 25.7 Å². The van der Waals surface area contributed by atoms with Crippen LogP contribution in [0, 0.1) is 5.92 Å². The van der Waals surface area contributed by atoms with Crippen LogP contribution in [0.15, 0.2) is 30.3 Å². The second-order valence-electron chi connectivity index (χ2n) is 8.24. The van der Waals surface area contributed by atoms with Crippen molar-refractivity contribution < 1.29 is 29.0 Å². The van der Waals surface area contributed by atoms with Crippen molar-refractivity contribution in [2.45, 2.75) is 58.3 Å². The molecule has 0 unspecified atom stereocenters. The van der Waals surface area contributed by atoms with Crippen LogP contribution in [0.5, 0.6) is 0 Å². The van der Waals surface area contributed by atoms with Crippen molar-refractivity contribution in [2.24, 2.45) is 5.92 Å². The summed E-state index contributed by atoms with van der Waals surface area (Å²) in [6.45, 7) is 6.36. The fourth-order valence-corrected chi connectivity index (χ4v) is 3.27. The molecule has 1 aromatic carbocycles. The van der Waals surface area contributed by atoms with Crippen LogP contribution >= 0.6 is 0 Å². The minimum absolute atomic E-state index is 0.0984. The van der Waals surface area contributed by atoms with E-state index in [9.17, 15) is 19.5 Å². The molecule has 1 aliphatic rings. The predicted octanol–water partition coefficient (Wildman–Crippen LogP) is 3.40. The summed E-state index contributed by atoms with van der Waals surface area (Å²) in [6.07, 6.45) is 0.0713. The van der Waals surface area contributed by atoms with Crippen LogP contribution in [0.2, 0.25) is 0 Å². The SMILES string of the molecule is CC(C)(C)OC(=O)N1CCC[C@@H]([C@H](CC(=O)O)NC(=O)OCc2ccccc2)C1. The Balaban J connectivity index is 1.96. The largest absolute Gasteiger partial charge is 0.481 e. The lowest BCUT2D eigenvalue weighted by Crippen LogP contribution is -2.50. The van der Waals surface area contributed by atoms with E-state index in [1.165, 1.54) is 0 Å². The van der Waals surface area contributed by atoms with Gasteiger partial charge in [-0.25, -0.2) is 9.59 Å². The van der Waals surface area contributed by atoms with Gasteiger partial charge in [-0.05, 0) is 45.1 Å². The molecule has 0 aromatic heterocycles. The first-order valence-electron chi connectivity index (χ1n) is 9.81. The van der Waals surface area contributed by atoms with Gasteiger partial charge in [-0.2, -0.15) is 0 Å². The molecule has 2 amide bonds. The van der Waals surface area contributed by atoms with Gasteiger partial charge in [-0.15, -0.1) is 0 Å². The van der Waals surface area contributed by atoms with E-state index in [-0.39, 0.29) is 18.9 Å². The maximum Gasteiger partial charge on any atom is 0.410 e. The molecule has 0 saturated carbocycles. The Bertz CT molecular complexity index is 701. The molecule has 1 fully saturated rings. The van der Waals surface area contributed by atoms with E-state index in [0.29, 0.717) is 25.9 Å². The topological polar surface area (TPSA) is 105 Å². The second-order valence-corrected chi connectivity index (χ2v) is 8.24. The van der Waals surface area contributed by atoms with Gasteiger partial charge < -0.3 is 24.8 Å². The predicted molar refractivity (Wildman–Crippen MR) is 106 cm³/mol. The molecule has 2 N–H and O–H groups in total. The molecule has 160 valence electrons. The smallest absolute Gasteiger partial charge is 0.410 e. The van der Waals surface area contributed by atoms with Crippen LogP contribution in [-0.2, 0) is 20.9 Å². The maximum atomic E-state index is 12.4. The van der Waals surface area contributed by atoms with Crippen molar-refractivity contribution in [3.63, 3.8) is 0 Å². The van der Waals surface area contributed by atoms with Crippen LogP contribution in [0.3, 0.4) is 0 Å². The summed E-state index contributed by atoms with van der Waals surface area (Å²) in [7, 11) is 0. The minimum Gasteiger partial charge on any atom is -0.481 e. The molecular formula is C21H30N2O6. The lowest BCUT2D eigenvalue weighted by molar-refractivity contribution is -0.138. The number of hydrogen-bond donors (Lipinski definition) is 2. The molecule has 1 aliphatic heterocycles. The summed E-state index contributed by atoms with van der Waals surface area (Å²) in [5.74, 6) is -1.22. The number of rotatable bonds is 6. The van der Waals surface area contributed by atoms with Gasteiger partial charge in [0.2, 0.25) is 0 Å². The van der Waals surface area contributed by atoms with Gasteiger partial charge in [0.15, 0.2) is 0 Å². The van der Waals surface area contributed by atoms with E-state index < -0.39 is 29.8 Å². The lowest BCUT2D eigenvalue weighted by atomic mass is 9.89. The molecule has 0 spiro atoms. The van der Waals surface area contributed by atoms with Gasteiger partial charge in [0.25, 0.3) is 0 Å². The van der Waals surface area contributed by atoms with Crippen molar-refractivity contribution in [1.29, 1.82) is 0 Å². The zero-order valence-electron chi connectivity index (χ0n) is 17.2. The Labute approximate surface area is 171 Å². The summed E-state index contributed by atoms with van der Waals surface area (Å²) in [4.78, 5) is 37.5. The van der Waals surface area contributed by atoms with Crippen LogP contribution in [0.4, 0.5) is 9.59 Å². The number of carbonyl (C=O) groups excluding carboxylic acids is 2. The fourth-order valence-electron chi connectivity index (χ4n) is 3.27. The Morgan fingerprint density at radius 3 is 2.55 bits per heavy atom. The number of carboxylic acid groups (broad SMARTS) is 1. The van der Waals surface area contributed by atoms with Gasteiger partial charge in [0, 0.05) is 19.1 Å². The standard InChI is InChI=1S/C21H30N2O6/c1-21(2,3)29-20(27)23-11-7-10-16(13-23)17(12-18(24)25)22-19(26)28-14-15-8-5-4-6-9-15/h4-6,8-9,16-17H,7,10-14H2,1-3H3,(H,22,26)(H,24,25)/t16-,17+/m1/s1. The summed E-state index contributed by atoms with van der Waals surface area (Å²) in [5, 5.41) is 11.9. The molecule has 29 heavy (non-hydrogen) atoms. The van der Waals surface area contributed by atoms with Crippen molar-refractivity contribution in [3.8, 4) is 0 Å². The molecule has 1 saturated heterocycles. The number of ether oxygens (including phenoxy) is 2. The van der Waals surface area contributed by atoms with Crippen LogP contribution in [0.25, 0.3) is 0 Å². The van der Waals surface area contributed by atoms with Crippen molar-refractivity contribution in [3.05, 3.63) is 35.9 Å². The van der Waals surface area contributed by atoms with Gasteiger partial charge in [-0.3, -0.25) is 4.79 Å². The van der Waals surface area contributed by atoms with Crippen LogP contribution < -0.4 is 5.32 Å². The van der Waals surface area contributed by atoms with E-state index in [2.05, 4.69) is 5.32 Å². The summed E-state index contributed by atoms with van der Waals surface area (Å²) in [5.41, 5.74) is 0.232. The van der Waals surface area contributed by atoms with Gasteiger partial charge in [0.05, 0.1) is 6.42 Å². The molecule has 2 atom stereocenters. The highest BCUT2D eigenvalue weighted by Crippen LogP contribution is 2.23. The number of likely N-dealkylation sites (tertiary alicyclic amines) is 1. The third kappa shape index (κ3) is 8.01. The maximum absolute atomic E-state index is 12.4. The quantitative estimate of drug-likeness (QED) is 0.750. The van der Waals surface area contributed by atoms with Crippen LogP contribution in [-0.4, -0.2) is 52.9 Å². The van der Waals surface area contributed by atoms with Crippen molar-refractivity contribution in [1.82, 2.24) is 10.2 Å². The minimum atomic E-state index is -1.02. The molecule has 0 aliphatic carbocycles. The monoisotopic (exact) mass is 406 g/mol. The van der Waals surface area contributed by atoms with Crippen molar-refractivity contribution in [2.75, 3.05) is 13.1 Å². The van der Waals surface area contributed by atoms with Gasteiger partial charge >= 0.3 is 18.2 Å². The normalized spacial score (nSPS) is 17.9. The summed E-state index contributed by atoms with van der Waals surface area (Å²) >= 11 is 0. The average Bonchev–Trinajstić information content (AvgIpc) is 2.65. The number of piperidine rings is 1. The Morgan fingerprint density at radius 2 is 1.93 bits per heavy atom. The number of carboxylic acids is 1. The average molecular weight is 406 g/mol. The first kappa shape index (κ1) is 22.5. The summed E-state index contributed by atoms with van der Waals surface area (Å²) in [6, 6.07) is 8.59. The van der Waals surface area contributed by atoms with Gasteiger partial charge in [0.1, 0.15) is 12.2 Å². The number of amides is 2. The third-order valence-corrected chi connectivity index (χ3v) is 4.59. The van der Waals surface area contributed by atoms with Crippen LogP contribution in [0.1, 0.15) is 45.6 Å². The molecule has 1 aromatic rings. The lowest BCUT2D eigenvalue weighted by Gasteiger charge is -2.37. The van der Waals surface area contributed by atoms with E-state index in [1.807, 2.05) is 30.3 Å². The molecule has 0 radical (unpaired) electrons. The number of nitrogens with one attached hydrogen (secondary N) is 1. The fraction of sp³-hybridized carbons (Fsp3) is 0.571. The van der Waals surface area contributed by atoms with E-state index in [4.69, 9.17) is 9.47 Å². The van der Waals surface area contributed by atoms with E-state index >= 15 is 0 Å². The molecule has 1 heterocycles. The Kier molecular flexibility index (Phi) is 7.87. The first-order valence-corrected chi connectivity index (χ1v) is 9.81. The second kappa shape index (κ2) is 10.1. The number of hydrogen-bond acceptors (Lipinski definition) is 5. The number of carbonyl (C=O) groups is 3. The Hall–Kier alpha value is -2.77. The number of benzene rings is 1. The molecule has 8 heteroatoms. The number of aliphatic carboxylic acids is 1. The first-order chi connectivity index (χ1) is 13.6. The highest BCUT2D eigenvalue weighted by Gasteiger charge is 2.33. The third-order valence-electron chi connectivity index (χ3n) is 4.59. The van der Waals surface area contributed by atoms with E-state index in [0.717, 1.165) is 5.56 Å². The van der Waals surface area contributed by atoms with Gasteiger partial charge in [-0.1, -0.05) is 30.3 Å². The Morgan fingerprint density at radius 1 is 1.24 bits per heavy atom. The zero-order chi connectivity index (χ0) is 21.4.